The van der Waals surface area contributed by atoms with Gasteiger partial charge in [-0.3, -0.25) is 0 Å². The lowest BCUT2D eigenvalue weighted by atomic mass is 9.90. The van der Waals surface area contributed by atoms with Crippen LogP contribution >= 0.6 is 0 Å². The summed E-state index contributed by atoms with van der Waals surface area (Å²) in [5.41, 5.74) is 0.309. The molecular formula is C14H27N3O. The number of rotatable bonds is 6. The van der Waals surface area contributed by atoms with E-state index in [9.17, 15) is 0 Å². The van der Waals surface area contributed by atoms with Gasteiger partial charge in [-0.05, 0) is 25.3 Å². The van der Waals surface area contributed by atoms with Crippen LogP contribution in [0, 0.1) is 5.41 Å². The van der Waals surface area contributed by atoms with Crippen LogP contribution in [0.1, 0.15) is 65.1 Å². The zero-order valence-corrected chi connectivity index (χ0v) is 12.6. The molecule has 1 heterocycles. The van der Waals surface area contributed by atoms with E-state index in [1.807, 2.05) is 7.05 Å². The minimum Gasteiger partial charge on any atom is -0.339 e. The number of aryl methyl sites for hydroxylation is 1. The van der Waals surface area contributed by atoms with Crippen molar-refractivity contribution in [3.8, 4) is 0 Å². The van der Waals surface area contributed by atoms with Gasteiger partial charge in [-0.15, -0.1) is 0 Å². The molecule has 4 heteroatoms. The summed E-state index contributed by atoms with van der Waals surface area (Å²) in [6.07, 6.45) is 3.01. The molecule has 104 valence electrons. The zero-order valence-electron chi connectivity index (χ0n) is 12.6. The molecule has 2 unspecified atom stereocenters. The van der Waals surface area contributed by atoms with Gasteiger partial charge in [-0.25, -0.2) is 0 Å². The van der Waals surface area contributed by atoms with Crippen LogP contribution in [-0.2, 0) is 6.42 Å². The summed E-state index contributed by atoms with van der Waals surface area (Å²) in [5.74, 6) is 1.84. The Bertz CT molecular complexity index is 350. The van der Waals surface area contributed by atoms with Crippen LogP contribution in [0.4, 0.5) is 0 Å². The highest BCUT2D eigenvalue weighted by Gasteiger charge is 2.22. The van der Waals surface area contributed by atoms with Gasteiger partial charge in [-0.2, -0.15) is 4.98 Å². The number of nitrogens with zero attached hydrogens (tertiary/aromatic N) is 2. The quantitative estimate of drug-likeness (QED) is 0.846. The number of hydrogen-bond donors (Lipinski definition) is 1. The molecule has 1 rings (SSSR count). The second-order valence-electron chi connectivity index (χ2n) is 6.20. The van der Waals surface area contributed by atoms with Crippen LogP contribution in [0.25, 0.3) is 0 Å². The van der Waals surface area contributed by atoms with Gasteiger partial charge in [0, 0.05) is 12.5 Å². The Balaban J connectivity index is 2.62. The fraction of sp³-hybridized carbons (Fsp3) is 0.857. The van der Waals surface area contributed by atoms with E-state index >= 15 is 0 Å². The van der Waals surface area contributed by atoms with Gasteiger partial charge in [0.15, 0.2) is 5.82 Å². The molecule has 0 saturated carbocycles. The van der Waals surface area contributed by atoms with Crippen molar-refractivity contribution in [2.75, 3.05) is 7.05 Å². The van der Waals surface area contributed by atoms with Crippen LogP contribution in [0.5, 0.6) is 0 Å². The lowest BCUT2D eigenvalue weighted by Crippen LogP contribution is -2.30. The van der Waals surface area contributed by atoms with E-state index in [0.29, 0.717) is 11.5 Å². The van der Waals surface area contributed by atoms with E-state index in [-0.39, 0.29) is 5.92 Å². The average molecular weight is 253 g/mol. The Morgan fingerprint density at radius 3 is 2.50 bits per heavy atom. The SMILES string of the molecule is CCC(NC)C(C)c1nc(CCC(C)(C)C)no1. The molecule has 0 radical (unpaired) electrons. The monoisotopic (exact) mass is 253 g/mol. The summed E-state index contributed by atoms with van der Waals surface area (Å²) < 4.78 is 5.38. The molecule has 0 aliphatic rings. The number of hydrogen-bond acceptors (Lipinski definition) is 4. The lowest BCUT2D eigenvalue weighted by Gasteiger charge is -2.18. The number of aromatic nitrogens is 2. The summed E-state index contributed by atoms with van der Waals surface area (Å²) in [6, 6.07) is 0.390. The average Bonchev–Trinajstić information content (AvgIpc) is 2.75. The van der Waals surface area contributed by atoms with E-state index in [2.05, 4.69) is 50.1 Å². The van der Waals surface area contributed by atoms with Crippen LogP contribution in [-0.4, -0.2) is 23.2 Å². The molecule has 0 amide bonds. The minimum atomic E-state index is 0.260. The van der Waals surface area contributed by atoms with Crippen LogP contribution in [0.15, 0.2) is 4.52 Å². The molecule has 0 aliphatic heterocycles. The molecular weight excluding hydrogens is 226 g/mol. The van der Waals surface area contributed by atoms with Crippen LogP contribution in [0.2, 0.25) is 0 Å². The van der Waals surface area contributed by atoms with Crippen molar-refractivity contribution in [2.45, 2.75) is 65.8 Å². The Morgan fingerprint density at radius 1 is 1.33 bits per heavy atom. The first-order chi connectivity index (χ1) is 8.37. The molecule has 0 spiro atoms. The van der Waals surface area contributed by atoms with Gasteiger partial charge in [0.25, 0.3) is 0 Å². The number of nitrogens with one attached hydrogen (secondary N) is 1. The van der Waals surface area contributed by atoms with Gasteiger partial charge in [0.05, 0.1) is 5.92 Å². The third-order valence-electron chi connectivity index (χ3n) is 3.39. The highest BCUT2D eigenvalue weighted by Crippen LogP contribution is 2.22. The smallest absolute Gasteiger partial charge is 0.231 e. The maximum Gasteiger partial charge on any atom is 0.231 e. The molecule has 0 saturated heterocycles. The molecule has 0 aliphatic carbocycles. The van der Waals surface area contributed by atoms with Crippen molar-refractivity contribution in [3.63, 3.8) is 0 Å². The van der Waals surface area contributed by atoms with E-state index in [1.165, 1.54) is 0 Å². The predicted octanol–water partition coefficient (Wildman–Crippen LogP) is 3.15. The summed E-state index contributed by atoms with van der Waals surface area (Å²) >= 11 is 0. The normalized spacial score (nSPS) is 15.7. The molecule has 1 aromatic rings. The fourth-order valence-electron chi connectivity index (χ4n) is 2.02. The third kappa shape index (κ3) is 4.41. The zero-order chi connectivity index (χ0) is 13.8. The maximum atomic E-state index is 5.38. The van der Waals surface area contributed by atoms with Gasteiger partial charge in [-0.1, -0.05) is 39.8 Å². The van der Waals surface area contributed by atoms with E-state index < -0.39 is 0 Å². The summed E-state index contributed by atoms with van der Waals surface area (Å²) in [6.45, 7) is 11.0. The summed E-state index contributed by atoms with van der Waals surface area (Å²) in [4.78, 5) is 4.51. The van der Waals surface area contributed by atoms with Crippen molar-refractivity contribution in [1.29, 1.82) is 0 Å². The van der Waals surface area contributed by atoms with Crippen molar-refractivity contribution >= 4 is 0 Å². The second-order valence-corrected chi connectivity index (χ2v) is 6.20. The van der Waals surface area contributed by atoms with E-state index in [4.69, 9.17) is 4.52 Å². The minimum absolute atomic E-state index is 0.260. The first-order valence-corrected chi connectivity index (χ1v) is 6.87. The van der Waals surface area contributed by atoms with Crippen LogP contribution < -0.4 is 5.32 Å². The Kier molecular flexibility index (Phi) is 5.32. The highest BCUT2D eigenvalue weighted by molar-refractivity contribution is 4.97. The van der Waals surface area contributed by atoms with E-state index in [0.717, 1.165) is 31.0 Å². The van der Waals surface area contributed by atoms with Crippen molar-refractivity contribution in [2.24, 2.45) is 5.41 Å². The molecule has 1 aromatic heterocycles. The maximum absolute atomic E-state index is 5.38. The van der Waals surface area contributed by atoms with Crippen molar-refractivity contribution in [3.05, 3.63) is 11.7 Å². The highest BCUT2D eigenvalue weighted by atomic mass is 16.5. The van der Waals surface area contributed by atoms with Gasteiger partial charge in [0.1, 0.15) is 0 Å². The predicted molar refractivity (Wildman–Crippen MR) is 73.6 cm³/mol. The lowest BCUT2D eigenvalue weighted by molar-refractivity contribution is 0.321. The molecule has 0 bridgehead atoms. The molecule has 4 nitrogen and oxygen atoms in total. The van der Waals surface area contributed by atoms with Crippen LogP contribution in [0.3, 0.4) is 0 Å². The molecule has 18 heavy (non-hydrogen) atoms. The van der Waals surface area contributed by atoms with Gasteiger partial charge >= 0.3 is 0 Å². The Labute approximate surface area is 111 Å². The molecule has 2 atom stereocenters. The number of likely N-dealkylation sites (N-methyl/N-ethyl adjacent to an activating group) is 1. The standard InChI is InChI=1S/C14H27N3O/c1-7-11(15-6)10(2)13-16-12(17-18-13)8-9-14(3,4)5/h10-11,15H,7-9H2,1-6H3. The second kappa shape index (κ2) is 6.32. The molecule has 0 fully saturated rings. The van der Waals surface area contributed by atoms with Gasteiger partial charge < -0.3 is 9.84 Å². The fourth-order valence-corrected chi connectivity index (χ4v) is 2.02. The van der Waals surface area contributed by atoms with Crippen molar-refractivity contribution < 1.29 is 4.52 Å². The topological polar surface area (TPSA) is 51.0 Å². The van der Waals surface area contributed by atoms with E-state index in [1.54, 1.807) is 0 Å². The largest absolute Gasteiger partial charge is 0.339 e. The van der Waals surface area contributed by atoms with Gasteiger partial charge in [0.2, 0.25) is 5.89 Å². The summed E-state index contributed by atoms with van der Waals surface area (Å²) in [7, 11) is 1.97. The Morgan fingerprint density at radius 2 is 2.00 bits per heavy atom. The summed E-state index contributed by atoms with van der Waals surface area (Å²) in [5, 5.41) is 7.37. The molecule has 0 aromatic carbocycles. The first-order valence-electron chi connectivity index (χ1n) is 6.87. The van der Waals surface area contributed by atoms with Crippen molar-refractivity contribution in [1.82, 2.24) is 15.5 Å². The first kappa shape index (κ1) is 15.2. The molecule has 1 N–H and O–H groups in total. The third-order valence-corrected chi connectivity index (χ3v) is 3.39. The Hall–Kier alpha value is -0.900.